The summed E-state index contributed by atoms with van der Waals surface area (Å²) in [7, 11) is 0. The quantitative estimate of drug-likeness (QED) is 0.764. The van der Waals surface area contributed by atoms with Crippen LogP contribution in [0.15, 0.2) is 23.6 Å². The van der Waals surface area contributed by atoms with E-state index in [1.54, 1.807) is 5.38 Å². The van der Waals surface area contributed by atoms with E-state index in [-0.39, 0.29) is 5.78 Å². The minimum absolute atomic E-state index is 0.0266. The van der Waals surface area contributed by atoms with Gasteiger partial charge in [0.15, 0.2) is 5.78 Å². The van der Waals surface area contributed by atoms with Crippen molar-refractivity contribution in [2.24, 2.45) is 0 Å². The highest BCUT2D eigenvalue weighted by atomic mass is 32.1. The van der Waals surface area contributed by atoms with Gasteiger partial charge in [0.1, 0.15) is 5.69 Å². The molecule has 2 aromatic rings. The number of rotatable bonds is 3. The first-order valence-corrected chi connectivity index (χ1v) is 5.86. The molecule has 3 nitrogen and oxygen atoms in total. The molecule has 0 N–H and O–H groups in total. The Kier molecular flexibility index (Phi) is 3.10. The Morgan fingerprint density at radius 3 is 2.50 bits per heavy atom. The molecule has 0 saturated heterocycles. The fourth-order valence-electron chi connectivity index (χ4n) is 1.73. The van der Waals surface area contributed by atoms with E-state index in [2.05, 4.69) is 15.7 Å². The number of aromatic nitrogens is 2. The van der Waals surface area contributed by atoms with Crippen molar-refractivity contribution >= 4 is 17.3 Å². The van der Waals surface area contributed by atoms with Crippen LogP contribution < -0.4 is 0 Å². The van der Waals surface area contributed by atoms with Gasteiger partial charge in [0.2, 0.25) is 0 Å². The lowest BCUT2D eigenvalue weighted by Gasteiger charge is -2.02. The Hall–Kier alpha value is -1.55. The number of carbonyl (C=O) groups excluding carboxylic acids is 1. The summed E-state index contributed by atoms with van der Waals surface area (Å²) in [6.07, 6.45) is 0.397. The number of benzene rings is 1. The molecule has 0 saturated carbocycles. The van der Waals surface area contributed by atoms with Crippen LogP contribution in [0.25, 0.3) is 0 Å². The molecule has 2 rings (SSSR count). The molecule has 0 radical (unpaired) electrons. The zero-order chi connectivity index (χ0) is 11.5. The van der Waals surface area contributed by atoms with Crippen molar-refractivity contribution in [3.05, 3.63) is 46.0 Å². The van der Waals surface area contributed by atoms with E-state index in [4.69, 9.17) is 0 Å². The van der Waals surface area contributed by atoms with Gasteiger partial charge in [-0.25, -0.2) is 0 Å². The van der Waals surface area contributed by atoms with Gasteiger partial charge in [0, 0.05) is 11.8 Å². The summed E-state index contributed by atoms with van der Waals surface area (Å²) in [5, 5.41) is 5.46. The van der Waals surface area contributed by atoms with Crippen LogP contribution in [0.3, 0.4) is 0 Å². The smallest absolute Gasteiger partial charge is 0.188 e. The largest absolute Gasteiger partial charge is 0.292 e. The summed E-state index contributed by atoms with van der Waals surface area (Å²) < 4.78 is 3.69. The van der Waals surface area contributed by atoms with Gasteiger partial charge >= 0.3 is 0 Å². The average Bonchev–Trinajstić information content (AvgIpc) is 2.68. The van der Waals surface area contributed by atoms with Crippen LogP contribution in [-0.4, -0.2) is 15.4 Å². The van der Waals surface area contributed by atoms with E-state index in [1.165, 1.54) is 22.7 Å². The first kappa shape index (κ1) is 11.0. The molecule has 0 unspecified atom stereocenters. The lowest BCUT2D eigenvalue weighted by Crippen LogP contribution is -2.04. The normalized spacial score (nSPS) is 10.4. The van der Waals surface area contributed by atoms with Gasteiger partial charge in [-0.2, -0.15) is 0 Å². The summed E-state index contributed by atoms with van der Waals surface area (Å²) in [6.45, 7) is 4.07. The highest BCUT2D eigenvalue weighted by molar-refractivity contribution is 7.03. The molecular formula is C12H12N2OS. The van der Waals surface area contributed by atoms with Gasteiger partial charge in [0.05, 0.1) is 0 Å². The molecule has 0 aliphatic carbocycles. The van der Waals surface area contributed by atoms with Crippen LogP contribution >= 0.6 is 11.5 Å². The molecule has 16 heavy (non-hydrogen) atoms. The standard InChI is InChI=1S/C12H12N2OS/c1-8-3-9(2)5-10(4-8)6-12(15)11-7-16-14-13-11/h3-5,7H,6H2,1-2H3. The van der Waals surface area contributed by atoms with E-state index in [9.17, 15) is 4.79 Å². The third-order valence-electron chi connectivity index (χ3n) is 2.29. The summed E-state index contributed by atoms with van der Waals surface area (Å²) in [5.41, 5.74) is 3.86. The third-order valence-corrected chi connectivity index (χ3v) is 2.80. The Bertz CT molecular complexity index is 485. The molecule has 0 spiro atoms. The molecule has 1 aromatic carbocycles. The molecule has 1 aromatic heterocycles. The van der Waals surface area contributed by atoms with Gasteiger partial charge in [-0.15, -0.1) is 5.10 Å². The second kappa shape index (κ2) is 4.53. The maximum atomic E-state index is 11.8. The van der Waals surface area contributed by atoms with E-state index < -0.39 is 0 Å². The Morgan fingerprint density at radius 1 is 1.25 bits per heavy atom. The number of nitrogens with zero attached hydrogens (tertiary/aromatic N) is 2. The van der Waals surface area contributed by atoms with Crippen molar-refractivity contribution in [2.45, 2.75) is 20.3 Å². The first-order chi connectivity index (χ1) is 7.65. The van der Waals surface area contributed by atoms with Gasteiger partial charge in [-0.05, 0) is 30.9 Å². The zero-order valence-electron chi connectivity index (χ0n) is 9.23. The van der Waals surface area contributed by atoms with Crippen LogP contribution in [0.2, 0.25) is 0 Å². The number of Topliss-reactive ketones (excluding diaryl/α,β-unsaturated/α-hetero) is 1. The van der Waals surface area contributed by atoms with Crippen molar-refractivity contribution in [1.29, 1.82) is 0 Å². The lowest BCUT2D eigenvalue weighted by molar-refractivity contribution is 0.0988. The van der Waals surface area contributed by atoms with Gasteiger partial charge in [0.25, 0.3) is 0 Å². The number of hydrogen-bond donors (Lipinski definition) is 0. The fraction of sp³-hybridized carbons (Fsp3) is 0.250. The maximum Gasteiger partial charge on any atom is 0.188 e. The SMILES string of the molecule is Cc1cc(C)cc(CC(=O)c2csnn2)c1. The van der Waals surface area contributed by atoms with Crippen molar-refractivity contribution in [2.75, 3.05) is 0 Å². The van der Waals surface area contributed by atoms with Crippen molar-refractivity contribution in [3.63, 3.8) is 0 Å². The lowest BCUT2D eigenvalue weighted by atomic mass is 10.0. The van der Waals surface area contributed by atoms with Gasteiger partial charge < -0.3 is 0 Å². The molecule has 4 heteroatoms. The topological polar surface area (TPSA) is 42.9 Å². The second-order valence-electron chi connectivity index (χ2n) is 3.89. The molecule has 0 amide bonds. The molecule has 0 aliphatic heterocycles. The van der Waals surface area contributed by atoms with Crippen LogP contribution in [0, 0.1) is 13.8 Å². The minimum Gasteiger partial charge on any atom is -0.292 e. The second-order valence-corrected chi connectivity index (χ2v) is 4.50. The first-order valence-electron chi connectivity index (χ1n) is 5.02. The average molecular weight is 232 g/mol. The number of aryl methyl sites for hydroxylation is 2. The molecule has 1 heterocycles. The van der Waals surface area contributed by atoms with Crippen molar-refractivity contribution in [3.8, 4) is 0 Å². The Labute approximate surface area is 98.3 Å². The predicted molar refractivity (Wildman–Crippen MR) is 63.9 cm³/mol. The van der Waals surface area contributed by atoms with E-state index in [1.807, 2.05) is 26.0 Å². The molecule has 0 aliphatic rings. The number of ketones is 1. The summed E-state index contributed by atoms with van der Waals surface area (Å²) in [6, 6.07) is 6.16. The Balaban J connectivity index is 2.18. The van der Waals surface area contributed by atoms with Gasteiger partial charge in [-0.1, -0.05) is 33.8 Å². The molecule has 82 valence electrons. The zero-order valence-corrected chi connectivity index (χ0v) is 10.0. The molecule has 0 bridgehead atoms. The molecular weight excluding hydrogens is 220 g/mol. The van der Waals surface area contributed by atoms with E-state index in [0.717, 1.165) is 5.56 Å². The fourth-order valence-corrected chi connectivity index (χ4v) is 2.19. The molecule has 0 fully saturated rings. The number of hydrogen-bond acceptors (Lipinski definition) is 4. The van der Waals surface area contributed by atoms with Gasteiger partial charge in [-0.3, -0.25) is 4.79 Å². The summed E-state index contributed by atoms with van der Waals surface area (Å²) >= 11 is 1.20. The molecule has 0 atom stereocenters. The monoisotopic (exact) mass is 232 g/mol. The van der Waals surface area contributed by atoms with Crippen molar-refractivity contribution in [1.82, 2.24) is 9.59 Å². The summed E-state index contributed by atoms with van der Waals surface area (Å²) in [4.78, 5) is 11.8. The van der Waals surface area contributed by atoms with Crippen LogP contribution in [-0.2, 0) is 6.42 Å². The van der Waals surface area contributed by atoms with E-state index in [0.29, 0.717) is 12.1 Å². The highest BCUT2D eigenvalue weighted by Crippen LogP contribution is 2.11. The predicted octanol–water partition coefficient (Wildman–Crippen LogP) is 2.58. The van der Waals surface area contributed by atoms with E-state index >= 15 is 0 Å². The van der Waals surface area contributed by atoms with Crippen LogP contribution in [0.4, 0.5) is 0 Å². The van der Waals surface area contributed by atoms with Crippen molar-refractivity contribution < 1.29 is 4.79 Å². The maximum absolute atomic E-state index is 11.8. The third kappa shape index (κ3) is 2.52. The van der Waals surface area contributed by atoms with Crippen LogP contribution in [0.5, 0.6) is 0 Å². The Morgan fingerprint density at radius 2 is 1.94 bits per heavy atom. The number of carbonyl (C=O) groups is 1. The van der Waals surface area contributed by atoms with Crippen LogP contribution in [0.1, 0.15) is 27.2 Å². The highest BCUT2D eigenvalue weighted by Gasteiger charge is 2.10. The summed E-state index contributed by atoms with van der Waals surface area (Å²) in [5.74, 6) is 0.0266. The minimum atomic E-state index is 0.0266.